The molecule has 1 N–H and O–H groups in total. The van der Waals surface area contributed by atoms with E-state index >= 15 is 0 Å². The molecule has 0 aromatic carbocycles. The van der Waals surface area contributed by atoms with Crippen LogP contribution in [-0.4, -0.2) is 31.2 Å². The van der Waals surface area contributed by atoms with E-state index in [-0.39, 0.29) is 5.69 Å². The summed E-state index contributed by atoms with van der Waals surface area (Å²) in [6.45, 7) is 2.54. The van der Waals surface area contributed by atoms with Gasteiger partial charge in [0.15, 0.2) is 5.16 Å². The first-order chi connectivity index (χ1) is 9.10. The van der Waals surface area contributed by atoms with E-state index in [0.717, 1.165) is 0 Å². The highest BCUT2D eigenvalue weighted by molar-refractivity contribution is 7.99. The zero-order valence-electron chi connectivity index (χ0n) is 10.4. The molecule has 0 amide bonds. The van der Waals surface area contributed by atoms with E-state index < -0.39 is 4.92 Å². The van der Waals surface area contributed by atoms with E-state index in [4.69, 9.17) is 0 Å². The molecular weight excluding hydrogens is 268 g/mol. The number of aromatic nitrogens is 4. The predicted molar refractivity (Wildman–Crippen MR) is 70.2 cm³/mol. The number of aryl methyl sites for hydroxylation is 1. The Balaban J connectivity index is 2.33. The Labute approximate surface area is 113 Å². The van der Waals surface area contributed by atoms with Crippen LogP contribution < -0.4 is 5.32 Å². The van der Waals surface area contributed by atoms with Crippen molar-refractivity contribution in [3.8, 4) is 0 Å². The molecule has 0 bridgehead atoms. The summed E-state index contributed by atoms with van der Waals surface area (Å²) in [5.74, 6) is 0.473. The normalized spacial score (nSPS) is 10.4. The Morgan fingerprint density at radius 1 is 1.53 bits per heavy atom. The smallest absolute Gasteiger partial charge is 0.275 e. The second-order valence-corrected chi connectivity index (χ2v) is 4.65. The molecule has 100 valence electrons. The van der Waals surface area contributed by atoms with Crippen molar-refractivity contribution in [3.63, 3.8) is 0 Å². The van der Waals surface area contributed by atoms with Crippen LogP contribution >= 0.6 is 11.8 Å². The minimum absolute atomic E-state index is 0.00406. The van der Waals surface area contributed by atoms with Crippen LogP contribution in [0.15, 0.2) is 28.6 Å². The lowest BCUT2D eigenvalue weighted by atomic mass is 10.4. The van der Waals surface area contributed by atoms with Crippen LogP contribution in [0.25, 0.3) is 0 Å². The molecule has 2 heterocycles. The third kappa shape index (κ3) is 3.19. The Morgan fingerprint density at radius 2 is 2.32 bits per heavy atom. The summed E-state index contributed by atoms with van der Waals surface area (Å²) in [6.07, 6.45) is 1.56. The highest BCUT2D eigenvalue weighted by Gasteiger charge is 2.13. The Bertz CT molecular complexity index is 599. The molecule has 2 aromatic rings. The van der Waals surface area contributed by atoms with Crippen LogP contribution in [0.5, 0.6) is 0 Å². The van der Waals surface area contributed by atoms with Crippen molar-refractivity contribution in [2.75, 3.05) is 11.9 Å². The summed E-state index contributed by atoms with van der Waals surface area (Å²) >= 11 is 1.23. The summed E-state index contributed by atoms with van der Waals surface area (Å²) in [6, 6.07) is 2.82. The molecule has 0 spiro atoms. The quantitative estimate of drug-likeness (QED) is 0.657. The summed E-state index contributed by atoms with van der Waals surface area (Å²) in [5, 5.41) is 22.6. The highest BCUT2D eigenvalue weighted by atomic mass is 32.2. The number of nitrogens with zero attached hydrogens (tertiary/aromatic N) is 5. The zero-order chi connectivity index (χ0) is 13.8. The molecule has 0 aliphatic carbocycles. The Kier molecular flexibility index (Phi) is 3.95. The molecule has 0 atom stereocenters. The van der Waals surface area contributed by atoms with Gasteiger partial charge in [-0.05, 0) is 18.7 Å². The number of rotatable bonds is 5. The third-order valence-electron chi connectivity index (χ3n) is 2.22. The van der Waals surface area contributed by atoms with Gasteiger partial charge in [-0.2, -0.15) is 0 Å². The summed E-state index contributed by atoms with van der Waals surface area (Å²) in [7, 11) is 1.80. The first-order valence-corrected chi connectivity index (χ1v) is 6.34. The molecule has 0 aliphatic rings. The molecule has 0 unspecified atom stereocenters. The fraction of sp³-hybridized carbons (Fsp3) is 0.300. The zero-order valence-corrected chi connectivity index (χ0v) is 11.2. The number of anilines is 1. The van der Waals surface area contributed by atoms with Crippen molar-refractivity contribution in [3.05, 3.63) is 28.6 Å². The summed E-state index contributed by atoms with van der Waals surface area (Å²) < 4.78 is 1.72. The van der Waals surface area contributed by atoms with Crippen molar-refractivity contribution in [2.24, 2.45) is 7.05 Å². The van der Waals surface area contributed by atoms with Crippen LogP contribution in [-0.2, 0) is 7.05 Å². The predicted octanol–water partition coefficient (Wildman–Crippen LogP) is 1.70. The van der Waals surface area contributed by atoms with E-state index in [2.05, 4.69) is 20.5 Å². The van der Waals surface area contributed by atoms with Gasteiger partial charge in [0, 0.05) is 19.7 Å². The third-order valence-corrected chi connectivity index (χ3v) is 3.19. The molecule has 8 nitrogen and oxygen atoms in total. The van der Waals surface area contributed by atoms with Gasteiger partial charge in [0.1, 0.15) is 17.2 Å². The van der Waals surface area contributed by atoms with E-state index in [9.17, 15) is 10.1 Å². The van der Waals surface area contributed by atoms with Crippen molar-refractivity contribution < 1.29 is 4.92 Å². The maximum Gasteiger partial charge on any atom is 0.275 e. The van der Waals surface area contributed by atoms with Gasteiger partial charge in [-0.15, -0.1) is 10.2 Å². The molecule has 0 radical (unpaired) electrons. The van der Waals surface area contributed by atoms with Gasteiger partial charge in [0.2, 0.25) is 0 Å². The Morgan fingerprint density at radius 3 is 2.89 bits per heavy atom. The fourth-order valence-electron chi connectivity index (χ4n) is 1.38. The van der Waals surface area contributed by atoms with Gasteiger partial charge in [0.25, 0.3) is 5.69 Å². The second-order valence-electron chi connectivity index (χ2n) is 3.66. The van der Waals surface area contributed by atoms with E-state index in [1.165, 1.54) is 23.9 Å². The molecule has 2 rings (SSSR count). The lowest BCUT2D eigenvalue weighted by Gasteiger charge is -2.05. The van der Waals surface area contributed by atoms with Gasteiger partial charge < -0.3 is 9.88 Å². The number of pyridine rings is 1. The van der Waals surface area contributed by atoms with E-state index in [1.807, 2.05) is 6.92 Å². The van der Waals surface area contributed by atoms with Gasteiger partial charge in [0.05, 0.1) is 11.0 Å². The molecule has 2 aromatic heterocycles. The molecule has 0 aliphatic heterocycles. The van der Waals surface area contributed by atoms with Gasteiger partial charge >= 0.3 is 0 Å². The minimum Gasteiger partial charge on any atom is -0.370 e. The summed E-state index contributed by atoms with van der Waals surface area (Å²) in [4.78, 5) is 14.7. The average molecular weight is 280 g/mol. The van der Waals surface area contributed by atoms with Crippen LogP contribution in [0.3, 0.4) is 0 Å². The number of hydrogen-bond donors (Lipinski definition) is 1. The standard InChI is InChI=1S/C10H12N6O2S/c1-3-11-8-4-7(16(17)18)5-9(13-8)19-10-14-12-6-15(10)2/h4-6H,3H2,1-2H3,(H,11,13). The lowest BCUT2D eigenvalue weighted by molar-refractivity contribution is -0.385. The van der Waals surface area contributed by atoms with Gasteiger partial charge in [-0.1, -0.05) is 0 Å². The number of nitro groups is 1. The lowest BCUT2D eigenvalue weighted by Crippen LogP contribution is -2.01. The van der Waals surface area contributed by atoms with Gasteiger partial charge in [-0.3, -0.25) is 10.1 Å². The average Bonchev–Trinajstić information content (AvgIpc) is 2.75. The maximum absolute atomic E-state index is 10.9. The van der Waals surface area contributed by atoms with Crippen LogP contribution in [0, 0.1) is 10.1 Å². The number of nitrogens with one attached hydrogen (secondary N) is 1. The SMILES string of the molecule is CCNc1cc([N+](=O)[O-])cc(Sc2nncn2C)n1. The molecule has 19 heavy (non-hydrogen) atoms. The van der Waals surface area contributed by atoms with Crippen LogP contribution in [0.1, 0.15) is 6.92 Å². The molecular formula is C10H12N6O2S. The maximum atomic E-state index is 10.9. The molecule has 0 saturated carbocycles. The van der Waals surface area contributed by atoms with E-state index in [1.54, 1.807) is 17.9 Å². The second kappa shape index (κ2) is 5.65. The van der Waals surface area contributed by atoms with Gasteiger partial charge in [-0.25, -0.2) is 4.98 Å². The molecule has 0 fully saturated rings. The Hall–Kier alpha value is -2.16. The van der Waals surface area contributed by atoms with Crippen molar-refractivity contribution in [1.29, 1.82) is 0 Å². The van der Waals surface area contributed by atoms with Crippen LogP contribution in [0.2, 0.25) is 0 Å². The molecule has 9 heteroatoms. The topological polar surface area (TPSA) is 98.8 Å². The van der Waals surface area contributed by atoms with Crippen molar-refractivity contribution >= 4 is 23.3 Å². The first kappa shape index (κ1) is 13.3. The van der Waals surface area contributed by atoms with E-state index in [0.29, 0.717) is 22.5 Å². The largest absolute Gasteiger partial charge is 0.370 e. The fourth-order valence-corrected chi connectivity index (χ4v) is 2.17. The van der Waals surface area contributed by atoms with Crippen molar-refractivity contribution in [1.82, 2.24) is 19.7 Å². The summed E-state index contributed by atoms with van der Waals surface area (Å²) in [5.41, 5.74) is -0.00406. The number of hydrogen-bond acceptors (Lipinski definition) is 7. The first-order valence-electron chi connectivity index (χ1n) is 5.52. The monoisotopic (exact) mass is 280 g/mol. The minimum atomic E-state index is -0.441. The van der Waals surface area contributed by atoms with Crippen LogP contribution in [0.4, 0.5) is 11.5 Å². The highest BCUT2D eigenvalue weighted by Crippen LogP contribution is 2.28. The van der Waals surface area contributed by atoms with Crippen molar-refractivity contribution in [2.45, 2.75) is 17.1 Å². The molecule has 0 saturated heterocycles.